The number of ketones is 1. The molecule has 2 aliphatic heterocycles. The molecule has 8 rings (SSSR count). The summed E-state index contributed by atoms with van der Waals surface area (Å²) < 4.78 is 0. The molecular weight excluding hydrogens is 1010 g/mol. The molecule has 3 aliphatic rings. The molecule has 0 aromatic heterocycles. The first-order valence-electron chi connectivity index (χ1n) is 29.2. The van der Waals surface area contributed by atoms with Gasteiger partial charge in [-0.15, -0.1) is 0 Å². The molecule has 0 saturated carbocycles. The number of carbonyl (C=O) groups is 7. The highest BCUT2D eigenvalue weighted by Crippen LogP contribution is 2.37. The monoisotopic (exact) mass is 1100 g/mol. The lowest BCUT2D eigenvalue weighted by atomic mass is 9.76. The van der Waals surface area contributed by atoms with E-state index in [0.717, 1.165) is 52.3 Å². The van der Waals surface area contributed by atoms with Gasteiger partial charge in [-0.2, -0.15) is 0 Å². The Labute approximate surface area is 479 Å². The summed E-state index contributed by atoms with van der Waals surface area (Å²) in [6.07, 6.45) is 3.86. The molecule has 430 valence electrons. The minimum atomic E-state index is -0.902. The summed E-state index contributed by atoms with van der Waals surface area (Å²) >= 11 is 0. The molecule has 4 N–H and O–H groups in total. The van der Waals surface area contributed by atoms with Crippen LogP contribution in [0, 0.1) is 22.7 Å². The van der Waals surface area contributed by atoms with E-state index in [1.807, 2.05) is 139 Å². The van der Waals surface area contributed by atoms with Crippen LogP contribution in [0.2, 0.25) is 0 Å². The lowest BCUT2D eigenvalue weighted by Crippen LogP contribution is -2.60. The van der Waals surface area contributed by atoms with Gasteiger partial charge in [-0.3, -0.25) is 33.6 Å². The predicted octanol–water partition coefficient (Wildman–Crippen LogP) is 9.70. The summed E-state index contributed by atoms with van der Waals surface area (Å²) in [5, 5.41) is 14.6. The third-order valence-corrected chi connectivity index (χ3v) is 17.5. The van der Waals surface area contributed by atoms with Gasteiger partial charge in [0, 0.05) is 55.1 Å². The number of benzene rings is 5. The summed E-state index contributed by atoms with van der Waals surface area (Å²) in [4.78, 5) is 106. The fraction of sp³-hybridized carbons (Fsp3) is 0.478. The number of amides is 6. The lowest BCUT2D eigenvalue weighted by Gasteiger charge is -2.44. The van der Waals surface area contributed by atoms with Gasteiger partial charge in [-0.25, -0.2) is 0 Å². The Morgan fingerprint density at radius 2 is 1.35 bits per heavy atom. The Morgan fingerprint density at radius 3 is 2.01 bits per heavy atom. The van der Waals surface area contributed by atoms with E-state index in [9.17, 15) is 24.0 Å². The van der Waals surface area contributed by atoms with Crippen LogP contribution in [-0.2, 0) is 43.4 Å². The molecule has 0 radical (unpaired) electrons. The van der Waals surface area contributed by atoms with E-state index >= 15 is 9.59 Å². The molecule has 5 aromatic carbocycles. The zero-order valence-corrected chi connectivity index (χ0v) is 49.4. The highest BCUT2D eigenvalue weighted by Gasteiger charge is 2.47. The van der Waals surface area contributed by atoms with E-state index in [2.05, 4.69) is 45.5 Å². The molecule has 9 atom stereocenters. The molecule has 0 unspecified atom stereocenters. The van der Waals surface area contributed by atoms with Gasteiger partial charge in [0.25, 0.3) is 11.8 Å². The van der Waals surface area contributed by atoms with Gasteiger partial charge in [0.05, 0.1) is 24.2 Å². The minimum Gasteiger partial charge on any atom is -0.347 e. The molecule has 6 amide bonds. The van der Waals surface area contributed by atoms with Gasteiger partial charge < -0.3 is 36.0 Å². The smallest absolute Gasteiger partial charge is 0.254 e. The first-order chi connectivity index (χ1) is 38.5. The first kappa shape index (κ1) is 59.9. The van der Waals surface area contributed by atoms with Crippen molar-refractivity contribution < 1.29 is 33.6 Å². The van der Waals surface area contributed by atoms with Gasteiger partial charge in [-0.05, 0) is 139 Å². The van der Waals surface area contributed by atoms with E-state index in [4.69, 9.17) is 0 Å². The van der Waals surface area contributed by atoms with Crippen LogP contribution in [0.15, 0.2) is 115 Å². The normalized spacial score (nSPS) is 19.9. The van der Waals surface area contributed by atoms with Crippen LogP contribution in [0.25, 0.3) is 10.8 Å². The largest absolute Gasteiger partial charge is 0.347 e. The number of nitrogens with zero attached hydrogens (tertiary/aromatic N) is 3. The van der Waals surface area contributed by atoms with Crippen LogP contribution >= 0.6 is 0 Å². The van der Waals surface area contributed by atoms with Crippen LogP contribution in [0.5, 0.6) is 0 Å². The Hall–Kier alpha value is -7.19. The van der Waals surface area contributed by atoms with Crippen molar-refractivity contribution >= 4 is 52.0 Å². The Balaban J connectivity index is 1.07. The molecular formula is C67H85N7O7. The van der Waals surface area contributed by atoms with E-state index in [1.54, 1.807) is 43.1 Å². The van der Waals surface area contributed by atoms with Gasteiger partial charge in [0.2, 0.25) is 23.6 Å². The van der Waals surface area contributed by atoms with Gasteiger partial charge in [0.1, 0.15) is 17.9 Å². The number of fused-ring (bicyclic) bond motifs is 3. The van der Waals surface area contributed by atoms with Crippen molar-refractivity contribution in [1.29, 1.82) is 0 Å². The topological polar surface area (TPSA) is 177 Å². The Kier molecular flexibility index (Phi) is 18.7. The number of nitrogens with one attached hydrogen (secondary N) is 4. The van der Waals surface area contributed by atoms with Crippen LogP contribution in [0.3, 0.4) is 0 Å². The van der Waals surface area contributed by atoms with Crippen LogP contribution < -0.4 is 21.3 Å². The standard InChI is InChI=1S/C67H85N7O7/c1-12-41(2)60(76)71-59(67(8,9)10)65(81)73-38-51-24-16-15-23-50(51)35-53(73)40-72(43(4)48-33-28-44-20-13-14-22-49(44)34-48)63(79)47-31-29-46(30-32-47)61(77)69-52-36-57(62(78)70-56-27-19-25-45-21-17-18-26-54(45)56)74(39-52)64(80)55(66(5,6)7)37-58(75)42(3)68-11/h13-18,20-24,26,28-34,41-43,52-53,55-57,59,68H,12,19,25,27,35-40H2,1-11H3,(H,69,77)(H,70,78)(H,71,76)/t41-,42+,43-,52+,53+,55-,56-,57+,59-/m1/s1. The first-order valence-corrected chi connectivity index (χ1v) is 29.2. The number of hydrogen-bond acceptors (Lipinski definition) is 8. The predicted molar refractivity (Wildman–Crippen MR) is 318 cm³/mol. The second-order valence-electron chi connectivity index (χ2n) is 25.2. The van der Waals surface area contributed by atoms with Crippen LogP contribution in [0.1, 0.15) is 162 Å². The molecule has 81 heavy (non-hydrogen) atoms. The number of rotatable bonds is 18. The van der Waals surface area contributed by atoms with Crippen LogP contribution in [0.4, 0.5) is 0 Å². The summed E-state index contributed by atoms with van der Waals surface area (Å²) in [5.41, 5.74) is 4.65. The Morgan fingerprint density at radius 1 is 0.704 bits per heavy atom. The number of Topliss-reactive ketones (excluding diaryl/α,β-unsaturated/α-hetero) is 1. The van der Waals surface area contributed by atoms with Crippen molar-refractivity contribution in [2.24, 2.45) is 22.7 Å². The van der Waals surface area contributed by atoms with Crippen molar-refractivity contribution in [3.05, 3.63) is 154 Å². The van der Waals surface area contributed by atoms with Crippen molar-refractivity contribution in [2.45, 2.75) is 163 Å². The van der Waals surface area contributed by atoms with Gasteiger partial charge in [-0.1, -0.05) is 140 Å². The average Bonchev–Trinajstić information content (AvgIpc) is 3.94. The highest BCUT2D eigenvalue weighted by molar-refractivity contribution is 5.99. The fourth-order valence-electron chi connectivity index (χ4n) is 11.9. The third-order valence-electron chi connectivity index (χ3n) is 17.5. The van der Waals surface area contributed by atoms with Crippen molar-refractivity contribution in [3.8, 4) is 0 Å². The molecule has 0 bridgehead atoms. The summed E-state index contributed by atoms with van der Waals surface area (Å²) in [7, 11) is 1.71. The Bertz CT molecular complexity index is 3120. The quantitative estimate of drug-likeness (QED) is 0.0671. The van der Waals surface area contributed by atoms with E-state index in [1.165, 1.54) is 5.56 Å². The molecule has 1 aliphatic carbocycles. The fourth-order valence-corrected chi connectivity index (χ4v) is 11.9. The maximum Gasteiger partial charge on any atom is 0.254 e. The molecule has 5 aromatic rings. The zero-order valence-electron chi connectivity index (χ0n) is 49.4. The number of aryl methyl sites for hydroxylation is 1. The third kappa shape index (κ3) is 13.8. The maximum atomic E-state index is 15.3. The van der Waals surface area contributed by atoms with Crippen molar-refractivity contribution in [2.75, 3.05) is 20.1 Å². The molecule has 0 spiro atoms. The van der Waals surface area contributed by atoms with Gasteiger partial charge >= 0.3 is 0 Å². The summed E-state index contributed by atoms with van der Waals surface area (Å²) in [5.74, 6) is -2.83. The number of carbonyl (C=O) groups excluding carboxylic acids is 7. The van der Waals surface area contributed by atoms with E-state index in [0.29, 0.717) is 24.9 Å². The van der Waals surface area contributed by atoms with Gasteiger partial charge in [0.15, 0.2) is 0 Å². The molecule has 2 heterocycles. The zero-order chi connectivity index (χ0) is 58.5. The SMILES string of the molecule is CC[C@@H](C)C(=O)N[C@H](C(=O)N1Cc2ccccc2C[C@H]1CN(C(=O)c1ccc(C(=O)N[C@H]2C[C@@H](C(=O)N[C@@H]3CCCc4ccccc43)N(C(=O)[C@@H](CC(=O)[C@H](C)NC)C(C)(C)C)C2)cc1)[C@H](C)c1ccc2ccccc2c1)C(C)(C)C. The number of hydrogen-bond donors (Lipinski definition) is 4. The minimum absolute atomic E-state index is 0.00738. The van der Waals surface area contributed by atoms with E-state index < -0.39 is 58.9 Å². The maximum absolute atomic E-state index is 15.3. The summed E-state index contributed by atoms with van der Waals surface area (Å²) in [6, 6.07) is 33.0. The summed E-state index contributed by atoms with van der Waals surface area (Å²) in [6.45, 7) is 19.8. The lowest BCUT2D eigenvalue weighted by molar-refractivity contribution is -0.146. The number of likely N-dealkylation sites (tertiary alicyclic amines) is 1. The van der Waals surface area contributed by atoms with E-state index in [-0.39, 0.29) is 78.8 Å². The van der Waals surface area contributed by atoms with Crippen molar-refractivity contribution in [1.82, 2.24) is 36.0 Å². The van der Waals surface area contributed by atoms with Crippen LogP contribution in [-0.4, -0.2) is 106 Å². The molecule has 1 saturated heterocycles. The van der Waals surface area contributed by atoms with Crippen molar-refractivity contribution in [3.63, 3.8) is 0 Å². The average molecular weight is 1100 g/mol. The highest BCUT2D eigenvalue weighted by atomic mass is 16.2. The second-order valence-corrected chi connectivity index (χ2v) is 25.2. The second kappa shape index (κ2) is 25.3. The number of likely N-dealkylation sites (N-methyl/N-ethyl adjacent to an activating group) is 1. The molecule has 14 heteroatoms. The molecule has 14 nitrogen and oxygen atoms in total. The molecule has 1 fully saturated rings.